The van der Waals surface area contributed by atoms with Gasteiger partial charge in [-0.3, -0.25) is 10.1 Å². The van der Waals surface area contributed by atoms with Crippen molar-refractivity contribution in [3.8, 4) is 0 Å². The normalized spacial score (nSPS) is 9.27. The van der Waals surface area contributed by atoms with Gasteiger partial charge in [-0.25, -0.2) is 4.79 Å². The van der Waals surface area contributed by atoms with Crippen LogP contribution in [0, 0.1) is 0 Å². The van der Waals surface area contributed by atoms with Gasteiger partial charge in [-0.05, 0) is 0 Å². The Hall–Kier alpha value is -1.52. The molecule has 0 radical (unpaired) electrons. The third-order valence-electron chi connectivity index (χ3n) is 0.766. The molecule has 0 aromatic rings. The molecule has 0 unspecified atom stereocenters. The molecule has 0 aliphatic carbocycles. The first-order chi connectivity index (χ1) is 5.20. The zero-order chi connectivity index (χ0) is 8.69. The van der Waals surface area contributed by atoms with Crippen LogP contribution in [0.1, 0.15) is 0 Å². The Bertz CT molecular complexity index is 175. The van der Waals surface area contributed by atoms with Gasteiger partial charge < -0.3 is 9.47 Å². The summed E-state index contributed by atoms with van der Waals surface area (Å²) in [6, 6.07) is 0. The molecule has 5 nitrogen and oxygen atoms in total. The fourth-order valence-electron chi connectivity index (χ4n) is 0.323. The van der Waals surface area contributed by atoms with Crippen molar-refractivity contribution < 1.29 is 19.1 Å². The number of carbonyl (C=O) groups excluding carboxylic acids is 2. The van der Waals surface area contributed by atoms with E-state index in [4.69, 9.17) is 0 Å². The predicted molar refractivity (Wildman–Crippen MR) is 36.7 cm³/mol. The van der Waals surface area contributed by atoms with E-state index in [9.17, 15) is 9.59 Å². The smallest absolute Gasteiger partial charge is 0.413 e. The molecule has 0 bridgehead atoms. The molecule has 0 rings (SSSR count). The number of methoxy groups -OCH3 is 2. The first kappa shape index (κ1) is 9.48. The Morgan fingerprint density at radius 1 is 1.36 bits per heavy atom. The fraction of sp³-hybridized carbons (Fsp3) is 0.333. The maximum Gasteiger partial charge on any atom is 0.413 e. The van der Waals surface area contributed by atoms with E-state index in [1.165, 1.54) is 14.2 Å². The standard InChI is InChI=1S/C6H9NO4/c1-10-4-3-5(8)7-6(9)11-2/h3-4H,1-2H3,(H,7,8,9)/b4-3+. The van der Waals surface area contributed by atoms with E-state index >= 15 is 0 Å². The summed E-state index contributed by atoms with van der Waals surface area (Å²) >= 11 is 0. The quantitative estimate of drug-likeness (QED) is 0.456. The third-order valence-corrected chi connectivity index (χ3v) is 0.766. The molecule has 62 valence electrons. The third kappa shape index (κ3) is 4.95. The van der Waals surface area contributed by atoms with E-state index in [0.717, 1.165) is 12.3 Å². The van der Waals surface area contributed by atoms with Crippen LogP contribution in [0.4, 0.5) is 4.79 Å². The highest BCUT2D eigenvalue weighted by atomic mass is 16.5. The Kier molecular flexibility index (Phi) is 4.55. The number of imide groups is 1. The SMILES string of the molecule is CO/C=C/C(=O)NC(=O)OC. The summed E-state index contributed by atoms with van der Waals surface area (Å²) in [5.41, 5.74) is 0. The van der Waals surface area contributed by atoms with Crippen LogP contribution in [0.2, 0.25) is 0 Å². The molecule has 0 saturated heterocycles. The first-order valence-electron chi connectivity index (χ1n) is 2.79. The Balaban J connectivity index is 3.69. The van der Waals surface area contributed by atoms with Crippen LogP contribution in [0.3, 0.4) is 0 Å². The number of alkyl carbamates (subject to hydrolysis) is 1. The van der Waals surface area contributed by atoms with Gasteiger partial charge >= 0.3 is 6.09 Å². The van der Waals surface area contributed by atoms with Gasteiger partial charge in [0, 0.05) is 6.08 Å². The van der Waals surface area contributed by atoms with Crippen molar-refractivity contribution in [3.63, 3.8) is 0 Å². The average Bonchev–Trinajstić information content (AvgIpc) is 2.00. The molecule has 11 heavy (non-hydrogen) atoms. The van der Waals surface area contributed by atoms with Crippen LogP contribution in [0.5, 0.6) is 0 Å². The number of carbonyl (C=O) groups is 2. The largest absolute Gasteiger partial charge is 0.504 e. The van der Waals surface area contributed by atoms with Crippen molar-refractivity contribution in [1.82, 2.24) is 5.32 Å². The maximum atomic E-state index is 10.6. The van der Waals surface area contributed by atoms with Crippen LogP contribution >= 0.6 is 0 Å². The lowest BCUT2D eigenvalue weighted by Gasteiger charge is -1.96. The van der Waals surface area contributed by atoms with Crippen molar-refractivity contribution in [2.24, 2.45) is 0 Å². The highest BCUT2D eigenvalue weighted by molar-refractivity contribution is 5.98. The van der Waals surface area contributed by atoms with Gasteiger partial charge in [0.2, 0.25) is 0 Å². The minimum Gasteiger partial charge on any atom is -0.504 e. The monoisotopic (exact) mass is 159 g/mol. The van der Waals surface area contributed by atoms with E-state index in [0.29, 0.717) is 0 Å². The zero-order valence-electron chi connectivity index (χ0n) is 6.29. The molecule has 0 spiro atoms. The van der Waals surface area contributed by atoms with Gasteiger partial charge in [0.15, 0.2) is 0 Å². The van der Waals surface area contributed by atoms with Crippen LogP contribution in [0.15, 0.2) is 12.3 Å². The summed E-state index contributed by atoms with van der Waals surface area (Å²) in [7, 11) is 2.56. The van der Waals surface area contributed by atoms with Crippen LogP contribution in [-0.4, -0.2) is 26.2 Å². The number of hydrogen-bond donors (Lipinski definition) is 1. The molecule has 1 N–H and O–H groups in total. The first-order valence-corrected chi connectivity index (χ1v) is 2.79. The molecule has 0 saturated carbocycles. The Labute approximate surface area is 64.0 Å². The van der Waals surface area contributed by atoms with Crippen LogP contribution < -0.4 is 5.32 Å². The zero-order valence-corrected chi connectivity index (χ0v) is 6.29. The number of amides is 2. The summed E-state index contributed by atoms with van der Waals surface area (Å²) in [5, 5.41) is 1.90. The summed E-state index contributed by atoms with van der Waals surface area (Å²) in [6.07, 6.45) is 1.42. The molecule has 0 aromatic heterocycles. The minimum absolute atomic E-state index is 0.585. The van der Waals surface area contributed by atoms with Crippen molar-refractivity contribution in [3.05, 3.63) is 12.3 Å². The van der Waals surface area contributed by atoms with E-state index < -0.39 is 12.0 Å². The summed E-state index contributed by atoms with van der Waals surface area (Å²) < 4.78 is 8.59. The molecular formula is C6H9NO4. The van der Waals surface area contributed by atoms with E-state index in [1.54, 1.807) is 0 Å². The molecule has 0 aliphatic heterocycles. The van der Waals surface area contributed by atoms with E-state index in [1.807, 2.05) is 5.32 Å². The number of ether oxygens (including phenoxy) is 2. The van der Waals surface area contributed by atoms with E-state index in [2.05, 4.69) is 9.47 Å². The summed E-state index contributed by atoms with van der Waals surface area (Å²) in [4.78, 5) is 20.9. The lowest BCUT2D eigenvalue weighted by Crippen LogP contribution is -2.28. The van der Waals surface area contributed by atoms with Crippen molar-refractivity contribution >= 4 is 12.0 Å². The van der Waals surface area contributed by atoms with Crippen molar-refractivity contribution in [1.29, 1.82) is 0 Å². The topological polar surface area (TPSA) is 64.6 Å². The molecule has 5 heteroatoms. The average molecular weight is 159 g/mol. The molecule has 0 heterocycles. The molecule has 0 fully saturated rings. The lowest BCUT2D eigenvalue weighted by atomic mass is 10.6. The van der Waals surface area contributed by atoms with Gasteiger partial charge in [-0.1, -0.05) is 0 Å². The fourth-order valence-corrected chi connectivity index (χ4v) is 0.323. The van der Waals surface area contributed by atoms with Gasteiger partial charge in [-0.2, -0.15) is 0 Å². The molecule has 0 aliphatic rings. The van der Waals surface area contributed by atoms with Crippen molar-refractivity contribution in [2.75, 3.05) is 14.2 Å². The second kappa shape index (κ2) is 5.28. The van der Waals surface area contributed by atoms with Gasteiger partial charge in [0.1, 0.15) is 0 Å². The number of nitrogens with one attached hydrogen (secondary N) is 1. The van der Waals surface area contributed by atoms with Gasteiger partial charge in [-0.15, -0.1) is 0 Å². The van der Waals surface area contributed by atoms with Crippen molar-refractivity contribution in [2.45, 2.75) is 0 Å². The summed E-state index contributed by atoms with van der Waals surface area (Å²) in [5.74, 6) is -0.585. The van der Waals surface area contributed by atoms with Crippen LogP contribution in [0.25, 0.3) is 0 Å². The predicted octanol–water partition coefficient (Wildman–Crippen LogP) is 0.0291. The van der Waals surface area contributed by atoms with E-state index in [-0.39, 0.29) is 0 Å². The molecule has 0 atom stereocenters. The molecular weight excluding hydrogens is 150 g/mol. The second-order valence-corrected chi connectivity index (χ2v) is 1.52. The van der Waals surface area contributed by atoms with Crippen LogP contribution in [-0.2, 0) is 14.3 Å². The second-order valence-electron chi connectivity index (χ2n) is 1.52. The molecule has 0 aromatic carbocycles. The number of hydrogen-bond acceptors (Lipinski definition) is 4. The maximum absolute atomic E-state index is 10.6. The molecule has 2 amide bonds. The lowest BCUT2D eigenvalue weighted by molar-refractivity contribution is -0.115. The summed E-state index contributed by atoms with van der Waals surface area (Å²) in [6.45, 7) is 0. The number of rotatable bonds is 2. The Morgan fingerprint density at radius 3 is 2.45 bits per heavy atom. The minimum atomic E-state index is -0.796. The Morgan fingerprint density at radius 2 is 2.00 bits per heavy atom. The van der Waals surface area contributed by atoms with Gasteiger partial charge in [0.05, 0.1) is 20.5 Å². The highest BCUT2D eigenvalue weighted by Crippen LogP contribution is 1.76. The highest BCUT2D eigenvalue weighted by Gasteiger charge is 2.01. The van der Waals surface area contributed by atoms with Gasteiger partial charge in [0.25, 0.3) is 5.91 Å².